The molecule has 0 bridgehead atoms. The smallest absolute Gasteiger partial charge is 0.294 e. The lowest BCUT2D eigenvalue weighted by Gasteiger charge is -2.12. The first-order valence-electron chi connectivity index (χ1n) is 9.76. The van der Waals surface area contributed by atoms with Crippen LogP contribution in [0.1, 0.15) is 11.1 Å². The zero-order valence-corrected chi connectivity index (χ0v) is 17.7. The van der Waals surface area contributed by atoms with Crippen molar-refractivity contribution in [2.75, 3.05) is 20.2 Å². The average Bonchev–Trinajstić information content (AvgIpc) is 3.30. The SMILES string of the molecule is COc1cccc(C=C2SC(=O)N(CC(=O)NCCc3c[nH]c4ccccc34)C2=O)c1. The van der Waals surface area contributed by atoms with E-state index >= 15 is 0 Å². The van der Waals surface area contributed by atoms with Crippen LogP contribution >= 0.6 is 11.8 Å². The number of benzene rings is 2. The van der Waals surface area contributed by atoms with E-state index in [0.29, 0.717) is 18.7 Å². The number of H-pyrrole nitrogens is 1. The second kappa shape index (κ2) is 9.09. The molecule has 0 atom stereocenters. The molecule has 2 aromatic carbocycles. The lowest BCUT2D eigenvalue weighted by molar-refractivity contribution is -0.129. The van der Waals surface area contributed by atoms with Crippen molar-refractivity contribution in [2.45, 2.75) is 6.42 Å². The number of nitrogens with one attached hydrogen (secondary N) is 2. The van der Waals surface area contributed by atoms with Gasteiger partial charge in [-0.25, -0.2) is 0 Å². The minimum absolute atomic E-state index is 0.282. The van der Waals surface area contributed by atoms with Crippen molar-refractivity contribution in [3.8, 4) is 5.75 Å². The minimum atomic E-state index is -0.468. The summed E-state index contributed by atoms with van der Waals surface area (Å²) in [6, 6.07) is 15.1. The summed E-state index contributed by atoms with van der Waals surface area (Å²) in [5.41, 5.74) is 2.89. The topological polar surface area (TPSA) is 91.5 Å². The van der Waals surface area contributed by atoms with E-state index < -0.39 is 11.1 Å². The molecule has 3 aromatic rings. The molecule has 1 aliphatic rings. The first-order valence-corrected chi connectivity index (χ1v) is 10.6. The van der Waals surface area contributed by atoms with Crippen LogP contribution in [0.2, 0.25) is 0 Å². The molecule has 0 aliphatic carbocycles. The highest BCUT2D eigenvalue weighted by atomic mass is 32.2. The van der Waals surface area contributed by atoms with Crippen molar-refractivity contribution < 1.29 is 19.1 Å². The van der Waals surface area contributed by atoms with Gasteiger partial charge in [-0.15, -0.1) is 0 Å². The van der Waals surface area contributed by atoms with Crippen LogP contribution in [-0.2, 0) is 16.0 Å². The Hall–Kier alpha value is -3.52. The van der Waals surface area contributed by atoms with Gasteiger partial charge in [-0.2, -0.15) is 0 Å². The van der Waals surface area contributed by atoms with Crippen LogP contribution in [0, 0.1) is 0 Å². The molecule has 1 aliphatic heterocycles. The molecule has 0 saturated carbocycles. The number of aromatic nitrogens is 1. The number of carbonyl (C=O) groups excluding carboxylic acids is 3. The molecule has 3 amide bonds. The maximum Gasteiger partial charge on any atom is 0.294 e. The number of imide groups is 1. The Balaban J connectivity index is 1.34. The van der Waals surface area contributed by atoms with Gasteiger partial charge in [0.1, 0.15) is 12.3 Å². The number of hydrogen-bond acceptors (Lipinski definition) is 5. The molecule has 4 rings (SSSR count). The fourth-order valence-corrected chi connectivity index (χ4v) is 4.23. The number of ether oxygens (including phenoxy) is 1. The highest BCUT2D eigenvalue weighted by Crippen LogP contribution is 2.32. The lowest BCUT2D eigenvalue weighted by Crippen LogP contribution is -2.40. The Labute approximate surface area is 183 Å². The Bertz CT molecular complexity index is 1180. The molecule has 8 heteroatoms. The Kier molecular flexibility index (Phi) is 6.08. The van der Waals surface area contributed by atoms with Crippen molar-refractivity contribution in [3.63, 3.8) is 0 Å². The largest absolute Gasteiger partial charge is 0.497 e. The van der Waals surface area contributed by atoms with E-state index in [1.54, 1.807) is 31.4 Å². The number of carbonyl (C=O) groups is 3. The van der Waals surface area contributed by atoms with Crippen LogP contribution in [0.3, 0.4) is 0 Å². The number of aromatic amines is 1. The first-order chi connectivity index (χ1) is 15.0. The Morgan fingerprint density at radius 1 is 1.19 bits per heavy atom. The van der Waals surface area contributed by atoms with Gasteiger partial charge in [-0.1, -0.05) is 30.3 Å². The van der Waals surface area contributed by atoms with E-state index in [-0.39, 0.29) is 17.4 Å². The van der Waals surface area contributed by atoms with Crippen molar-refractivity contribution in [3.05, 3.63) is 70.8 Å². The summed E-state index contributed by atoms with van der Waals surface area (Å²) in [5.74, 6) is -0.183. The van der Waals surface area contributed by atoms with Crippen molar-refractivity contribution in [1.82, 2.24) is 15.2 Å². The molecule has 1 saturated heterocycles. The van der Waals surface area contributed by atoms with Gasteiger partial charge in [-0.05, 0) is 53.6 Å². The summed E-state index contributed by atoms with van der Waals surface area (Å²) in [6.45, 7) is 0.116. The number of amides is 3. The van der Waals surface area contributed by atoms with E-state index in [2.05, 4.69) is 10.3 Å². The second-order valence-corrected chi connectivity index (χ2v) is 8.00. The molecule has 2 N–H and O–H groups in total. The summed E-state index contributed by atoms with van der Waals surface area (Å²) in [4.78, 5) is 41.7. The van der Waals surface area contributed by atoms with Crippen LogP contribution < -0.4 is 10.1 Å². The minimum Gasteiger partial charge on any atom is -0.497 e. The van der Waals surface area contributed by atoms with Crippen molar-refractivity contribution >= 4 is 45.8 Å². The van der Waals surface area contributed by atoms with E-state index in [4.69, 9.17) is 4.74 Å². The monoisotopic (exact) mass is 435 g/mol. The van der Waals surface area contributed by atoms with Crippen LogP contribution in [0.4, 0.5) is 4.79 Å². The van der Waals surface area contributed by atoms with Crippen LogP contribution in [0.25, 0.3) is 17.0 Å². The number of para-hydroxylation sites is 1. The number of fused-ring (bicyclic) bond motifs is 1. The number of nitrogens with zero attached hydrogens (tertiary/aromatic N) is 1. The molecule has 0 radical (unpaired) electrons. The normalized spacial score (nSPS) is 15.1. The molecule has 2 heterocycles. The summed E-state index contributed by atoms with van der Waals surface area (Å²) in [5, 5.41) is 3.45. The fraction of sp³-hybridized carbons (Fsp3) is 0.174. The Morgan fingerprint density at radius 2 is 2.03 bits per heavy atom. The van der Waals surface area contributed by atoms with Gasteiger partial charge in [0.15, 0.2) is 0 Å². The van der Waals surface area contributed by atoms with Gasteiger partial charge in [0.05, 0.1) is 12.0 Å². The van der Waals surface area contributed by atoms with Gasteiger partial charge in [-0.3, -0.25) is 19.3 Å². The molecular formula is C23H21N3O4S. The van der Waals surface area contributed by atoms with Crippen LogP contribution in [0.5, 0.6) is 5.75 Å². The molecule has 0 spiro atoms. The second-order valence-electron chi connectivity index (χ2n) is 7.00. The average molecular weight is 436 g/mol. The standard InChI is InChI=1S/C23H21N3O4S/c1-30-17-6-4-5-15(11-17)12-20-22(28)26(23(29)31-20)14-21(27)24-10-9-16-13-25-19-8-3-2-7-18(16)19/h2-8,11-13,25H,9-10,14H2,1H3,(H,24,27). The van der Waals surface area contributed by atoms with Crippen molar-refractivity contribution in [2.24, 2.45) is 0 Å². The van der Waals surface area contributed by atoms with Gasteiger partial charge in [0.25, 0.3) is 11.1 Å². The summed E-state index contributed by atoms with van der Waals surface area (Å²) in [7, 11) is 1.56. The van der Waals surface area contributed by atoms with Gasteiger partial charge in [0.2, 0.25) is 5.91 Å². The van der Waals surface area contributed by atoms with Crippen LogP contribution in [0.15, 0.2) is 59.6 Å². The van der Waals surface area contributed by atoms with Crippen LogP contribution in [-0.4, -0.2) is 47.1 Å². The van der Waals surface area contributed by atoms with Gasteiger partial charge < -0.3 is 15.0 Å². The number of rotatable bonds is 7. The third-order valence-corrected chi connectivity index (χ3v) is 5.87. The maximum atomic E-state index is 12.6. The van der Waals surface area contributed by atoms with E-state index in [9.17, 15) is 14.4 Å². The predicted octanol–water partition coefficient (Wildman–Crippen LogP) is 3.57. The molecular weight excluding hydrogens is 414 g/mol. The quantitative estimate of drug-likeness (QED) is 0.554. The third kappa shape index (κ3) is 4.64. The van der Waals surface area contributed by atoms with Gasteiger partial charge >= 0.3 is 0 Å². The molecule has 7 nitrogen and oxygen atoms in total. The van der Waals surface area contributed by atoms with Gasteiger partial charge in [0, 0.05) is 23.6 Å². The fourth-order valence-electron chi connectivity index (χ4n) is 3.39. The predicted molar refractivity (Wildman–Crippen MR) is 121 cm³/mol. The van der Waals surface area contributed by atoms with E-state index in [1.165, 1.54) is 0 Å². The Morgan fingerprint density at radius 3 is 2.87 bits per heavy atom. The molecule has 1 aromatic heterocycles. The zero-order valence-electron chi connectivity index (χ0n) is 16.9. The highest BCUT2D eigenvalue weighted by molar-refractivity contribution is 8.18. The third-order valence-electron chi connectivity index (χ3n) is 4.96. The maximum absolute atomic E-state index is 12.6. The summed E-state index contributed by atoms with van der Waals surface area (Å²) < 4.78 is 5.18. The molecule has 158 valence electrons. The highest BCUT2D eigenvalue weighted by Gasteiger charge is 2.36. The first kappa shape index (κ1) is 20.7. The summed E-state index contributed by atoms with van der Waals surface area (Å²) in [6.07, 6.45) is 4.20. The van der Waals surface area contributed by atoms with Crippen molar-refractivity contribution in [1.29, 1.82) is 0 Å². The lowest BCUT2D eigenvalue weighted by atomic mass is 10.1. The summed E-state index contributed by atoms with van der Waals surface area (Å²) >= 11 is 0.829. The number of thioether (sulfide) groups is 1. The number of hydrogen-bond donors (Lipinski definition) is 2. The van der Waals surface area contributed by atoms with E-state index in [1.807, 2.05) is 36.5 Å². The zero-order chi connectivity index (χ0) is 21.8. The molecule has 1 fully saturated rings. The molecule has 0 unspecified atom stereocenters. The number of methoxy groups -OCH3 is 1. The van der Waals surface area contributed by atoms with E-state index in [0.717, 1.165) is 38.7 Å². The molecule has 31 heavy (non-hydrogen) atoms.